The third kappa shape index (κ3) is 3.38. The maximum absolute atomic E-state index is 5.99. The van der Waals surface area contributed by atoms with Gasteiger partial charge in [0.05, 0.1) is 11.3 Å². The highest BCUT2D eigenvalue weighted by molar-refractivity contribution is 6.02. The highest BCUT2D eigenvalue weighted by Gasteiger charge is 2.30. The van der Waals surface area contributed by atoms with E-state index < -0.39 is 0 Å². The minimum absolute atomic E-state index is 0. The van der Waals surface area contributed by atoms with Gasteiger partial charge in [-0.2, -0.15) is 0 Å². The van der Waals surface area contributed by atoms with Crippen molar-refractivity contribution in [1.82, 2.24) is 10.1 Å². The average molecular weight is 418 g/mol. The Kier molecular flexibility index (Phi) is 5.62. The number of likely N-dealkylation sites (N-methyl/N-ethyl adjacent to an activating group) is 1. The second-order valence-corrected chi connectivity index (χ2v) is 7.59. The first kappa shape index (κ1) is 20.2. The molecule has 152 valence electrons. The molecular formula is C25H24ClN3O. The van der Waals surface area contributed by atoms with E-state index in [1.54, 1.807) is 0 Å². The summed E-state index contributed by atoms with van der Waals surface area (Å²) in [6.45, 7) is 1.84. The highest BCUT2D eigenvalue weighted by Crippen LogP contribution is 2.50. The molecule has 1 aliphatic rings. The smallest absolute Gasteiger partial charge is 0.177 e. The van der Waals surface area contributed by atoms with Crippen molar-refractivity contribution >= 4 is 23.8 Å². The van der Waals surface area contributed by atoms with E-state index in [4.69, 9.17) is 4.52 Å². The second kappa shape index (κ2) is 8.34. The molecule has 0 N–H and O–H groups in total. The van der Waals surface area contributed by atoms with Gasteiger partial charge < -0.3 is 14.3 Å². The van der Waals surface area contributed by atoms with Gasteiger partial charge in [0.15, 0.2) is 5.76 Å². The van der Waals surface area contributed by atoms with Crippen LogP contribution in [0.15, 0.2) is 83.4 Å². The molecule has 0 bridgehead atoms. The molecule has 0 fully saturated rings. The predicted octanol–water partition coefficient (Wildman–Crippen LogP) is 6.11. The largest absolute Gasteiger partial charge is 0.355 e. The van der Waals surface area contributed by atoms with Gasteiger partial charge in [0, 0.05) is 35.5 Å². The first-order chi connectivity index (χ1) is 14.2. The fourth-order valence-corrected chi connectivity index (χ4v) is 4.01. The summed E-state index contributed by atoms with van der Waals surface area (Å²) in [5.41, 5.74) is 7.57. The molecule has 1 aromatic heterocycles. The highest BCUT2D eigenvalue weighted by atomic mass is 35.5. The van der Waals surface area contributed by atoms with Gasteiger partial charge in [0.25, 0.3) is 0 Å². The molecule has 4 aromatic rings. The number of fused-ring (bicyclic) bond motifs is 5. The third-order valence-corrected chi connectivity index (χ3v) is 5.41. The van der Waals surface area contributed by atoms with Gasteiger partial charge in [0.1, 0.15) is 5.69 Å². The minimum atomic E-state index is 0. The Morgan fingerprint density at radius 2 is 1.40 bits per heavy atom. The number of benzene rings is 3. The van der Waals surface area contributed by atoms with E-state index in [2.05, 4.69) is 89.7 Å². The molecular weight excluding hydrogens is 394 g/mol. The molecule has 30 heavy (non-hydrogen) atoms. The number of hydrogen-bond acceptors (Lipinski definition) is 4. The van der Waals surface area contributed by atoms with Crippen molar-refractivity contribution in [2.24, 2.45) is 0 Å². The molecule has 0 aliphatic carbocycles. The molecule has 0 radical (unpaired) electrons. The van der Waals surface area contributed by atoms with E-state index in [9.17, 15) is 0 Å². The summed E-state index contributed by atoms with van der Waals surface area (Å²) >= 11 is 0. The first-order valence-corrected chi connectivity index (χ1v) is 9.90. The predicted molar refractivity (Wildman–Crippen MR) is 126 cm³/mol. The zero-order valence-corrected chi connectivity index (χ0v) is 17.9. The van der Waals surface area contributed by atoms with Crippen LogP contribution in [0, 0.1) is 0 Å². The number of nitrogens with zero attached hydrogens (tertiary/aromatic N) is 3. The van der Waals surface area contributed by atoms with E-state index >= 15 is 0 Å². The normalized spacial score (nSPS) is 11.9. The standard InChI is InChI=1S/C25H23N3O.ClH/c1-27(2)16-17-28-21-14-8-6-12-19(21)23-24(18-10-4-3-5-11-18)26-29-25(23)20-13-7-9-15-22(20)28;/h3-15H,16-17H2,1-2H3;1H. The van der Waals surface area contributed by atoms with Crippen LogP contribution in [0.3, 0.4) is 0 Å². The molecule has 0 unspecified atom stereocenters. The van der Waals surface area contributed by atoms with Crippen molar-refractivity contribution in [1.29, 1.82) is 0 Å². The second-order valence-electron chi connectivity index (χ2n) is 7.59. The lowest BCUT2D eigenvalue weighted by molar-refractivity contribution is 0.418. The van der Waals surface area contributed by atoms with E-state index in [0.717, 1.165) is 52.5 Å². The Hall–Kier alpha value is -3.08. The SMILES string of the molecule is CN(C)CCN1c2ccccc2-c2onc(-c3ccccc3)c2-c2ccccc21.Cl. The molecule has 0 spiro atoms. The molecule has 0 atom stereocenters. The van der Waals surface area contributed by atoms with Crippen molar-refractivity contribution in [3.63, 3.8) is 0 Å². The zero-order valence-electron chi connectivity index (χ0n) is 17.1. The van der Waals surface area contributed by atoms with Crippen LogP contribution in [0.25, 0.3) is 33.7 Å². The quantitative estimate of drug-likeness (QED) is 0.401. The van der Waals surface area contributed by atoms with Crippen LogP contribution in [-0.4, -0.2) is 37.2 Å². The van der Waals surface area contributed by atoms with Gasteiger partial charge in [0.2, 0.25) is 0 Å². The lowest BCUT2D eigenvalue weighted by Gasteiger charge is -2.28. The van der Waals surface area contributed by atoms with Gasteiger partial charge >= 0.3 is 0 Å². The molecule has 4 nitrogen and oxygen atoms in total. The third-order valence-electron chi connectivity index (χ3n) is 5.41. The zero-order chi connectivity index (χ0) is 19.8. The maximum atomic E-state index is 5.99. The summed E-state index contributed by atoms with van der Waals surface area (Å²) in [6.07, 6.45) is 0. The van der Waals surface area contributed by atoms with Crippen molar-refractivity contribution in [2.75, 3.05) is 32.1 Å². The van der Waals surface area contributed by atoms with Crippen LogP contribution in [-0.2, 0) is 0 Å². The monoisotopic (exact) mass is 417 g/mol. The summed E-state index contributed by atoms with van der Waals surface area (Å²) < 4.78 is 5.99. The Labute approximate surface area is 183 Å². The number of aromatic nitrogens is 1. The van der Waals surface area contributed by atoms with Crippen LogP contribution in [0.1, 0.15) is 0 Å². The van der Waals surface area contributed by atoms with Gasteiger partial charge in [-0.05, 0) is 32.3 Å². The molecule has 2 heterocycles. The number of halogens is 1. The van der Waals surface area contributed by atoms with Gasteiger partial charge in [-0.15, -0.1) is 12.4 Å². The van der Waals surface area contributed by atoms with Crippen LogP contribution < -0.4 is 4.90 Å². The fourth-order valence-electron chi connectivity index (χ4n) is 4.01. The minimum Gasteiger partial charge on any atom is -0.355 e. The van der Waals surface area contributed by atoms with Crippen molar-refractivity contribution in [3.8, 4) is 33.7 Å². The van der Waals surface area contributed by atoms with E-state index in [1.807, 2.05) is 18.2 Å². The summed E-state index contributed by atoms with van der Waals surface area (Å²) in [7, 11) is 4.22. The Morgan fingerprint density at radius 3 is 2.10 bits per heavy atom. The number of hydrogen-bond donors (Lipinski definition) is 0. The summed E-state index contributed by atoms with van der Waals surface area (Å²) in [5.74, 6) is 0.833. The van der Waals surface area contributed by atoms with E-state index in [1.165, 1.54) is 5.69 Å². The van der Waals surface area contributed by atoms with Gasteiger partial charge in [-0.3, -0.25) is 0 Å². The van der Waals surface area contributed by atoms with Crippen LogP contribution in [0.4, 0.5) is 11.4 Å². The lowest BCUT2D eigenvalue weighted by atomic mass is 9.96. The number of anilines is 2. The average Bonchev–Trinajstić information content (AvgIpc) is 3.15. The molecule has 0 saturated carbocycles. The Bertz CT molecular complexity index is 1150. The van der Waals surface area contributed by atoms with Gasteiger partial charge in [-0.1, -0.05) is 65.8 Å². The Balaban J connectivity index is 0.00000218. The summed E-state index contributed by atoms with van der Waals surface area (Å²) in [5, 5.41) is 4.50. The number of rotatable bonds is 4. The van der Waals surface area contributed by atoms with E-state index in [-0.39, 0.29) is 12.4 Å². The van der Waals surface area contributed by atoms with E-state index in [0.29, 0.717) is 0 Å². The number of para-hydroxylation sites is 2. The topological polar surface area (TPSA) is 32.5 Å². The molecule has 5 heteroatoms. The first-order valence-electron chi connectivity index (χ1n) is 9.90. The molecule has 0 saturated heterocycles. The van der Waals surface area contributed by atoms with Crippen LogP contribution >= 0.6 is 12.4 Å². The molecule has 5 rings (SSSR count). The van der Waals surface area contributed by atoms with Crippen molar-refractivity contribution in [2.45, 2.75) is 0 Å². The fraction of sp³-hybridized carbons (Fsp3) is 0.160. The van der Waals surface area contributed by atoms with Crippen molar-refractivity contribution < 1.29 is 4.52 Å². The van der Waals surface area contributed by atoms with Crippen LogP contribution in [0.5, 0.6) is 0 Å². The van der Waals surface area contributed by atoms with Gasteiger partial charge in [-0.25, -0.2) is 0 Å². The molecule has 3 aromatic carbocycles. The molecule has 0 amide bonds. The van der Waals surface area contributed by atoms with Crippen molar-refractivity contribution in [3.05, 3.63) is 78.9 Å². The molecule has 1 aliphatic heterocycles. The maximum Gasteiger partial charge on any atom is 0.177 e. The Morgan fingerprint density at radius 1 is 0.800 bits per heavy atom. The summed E-state index contributed by atoms with van der Waals surface area (Å²) in [6, 6.07) is 27.3. The summed E-state index contributed by atoms with van der Waals surface area (Å²) in [4.78, 5) is 4.61. The lowest BCUT2D eigenvalue weighted by Crippen LogP contribution is -2.28. The van der Waals surface area contributed by atoms with Crippen LogP contribution in [0.2, 0.25) is 0 Å².